The minimum Gasteiger partial charge on any atom is -0.497 e. The molecule has 7 nitrogen and oxygen atoms in total. The van der Waals surface area contributed by atoms with E-state index in [1.807, 2.05) is 6.07 Å². The van der Waals surface area contributed by atoms with Crippen molar-refractivity contribution in [3.05, 3.63) is 89.5 Å². The van der Waals surface area contributed by atoms with Gasteiger partial charge in [0.05, 0.1) is 7.11 Å². The van der Waals surface area contributed by atoms with Crippen LogP contribution >= 0.6 is 0 Å². The Balaban J connectivity index is 1.62. The van der Waals surface area contributed by atoms with Gasteiger partial charge in [-0.1, -0.05) is 24.3 Å². The van der Waals surface area contributed by atoms with Crippen molar-refractivity contribution in [2.75, 3.05) is 12.4 Å². The number of amides is 2. The quantitative estimate of drug-likeness (QED) is 0.450. The van der Waals surface area contributed by atoms with Crippen LogP contribution in [0.15, 0.2) is 72.8 Å². The monoisotopic (exact) mass is 418 g/mol. The molecule has 0 saturated heterocycles. The van der Waals surface area contributed by atoms with Gasteiger partial charge in [-0.15, -0.1) is 0 Å². The van der Waals surface area contributed by atoms with Crippen molar-refractivity contribution >= 4 is 23.5 Å². The summed E-state index contributed by atoms with van der Waals surface area (Å²) in [6.45, 7) is 1.56. The summed E-state index contributed by atoms with van der Waals surface area (Å²) in [5.41, 5.74) is 2.27. The standard InChI is InChI=1S/C24H22N2O5/c1-16(27)31-22-11-5-7-18(14-22)23(28)25-15-17-6-3-9-20(12-17)26-24(29)19-8-4-10-21(13-19)30-2/h3-14H,15H2,1-2H3,(H,25,28)(H,26,29). The van der Waals surface area contributed by atoms with Gasteiger partial charge in [0.15, 0.2) is 0 Å². The van der Waals surface area contributed by atoms with Crippen molar-refractivity contribution < 1.29 is 23.9 Å². The van der Waals surface area contributed by atoms with Gasteiger partial charge in [0.1, 0.15) is 11.5 Å². The molecule has 31 heavy (non-hydrogen) atoms. The van der Waals surface area contributed by atoms with E-state index in [2.05, 4.69) is 10.6 Å². The molecule has 0 aromatic heterocycles. The number of ether oxygens (including phenoxy) is 2. The van der Waals surface area contributed by atoms with Crippen molar-refractivity contribution in [3.8, 4) is 11.5 Å². The zero-order valence-corrected chi connectivity index (χ0v) is 17.2. The van der Waals surface area contributed by atoms with Crippen molar-refractivity contribution in [2.24, 2.45) is 0 Å². The first kappa shape index (κ1) is 21.6. The van der Waals surface area contributed by atoms with Gasteiger partial charge in [-0.25, -0.2) is 0 Å². The highest BCUT2D eigenvalue weighted by atomic mass is 16.5. The number of carbonyl (C=O) groups excluding carboxylic acids is 3. The topological polar surface area (TPSA) is 93.7 Å². The molecule has 0 unspecified atom stereocenters. The van der Waals surface area contributed by atoms with Crippen LogP contribution < -0.4 is 20.1 Å². The van der Waals surface area contributed by atoms with E-state index < -0.39 is 5.97 Å². The minimum absolute atomic E-state index is 0.262. The van der Waals surface area contributed by atoms with E-state index in [1.165, 1.54) is 13.0 Å². The van der Waals surface area contributed by atoms with Crippen molar-refractivity contribution in [2.45, 2.75) is 13.5 Å². The van der Waals surface area contributed by atoms with Gasteiger partial charge in [0, 0.05) is 30.3 Å². The SMILES string of the molecule is COc1cccc(C(=O)Nc2cccc(CNC(=O)c3cccc(OC(C)=O)c3)c2)c1. The second-order valence-corrected chi connectivity index (χ2v) is 6.69. The molecule has 3 rings (SSSR count). The highest BCUT2D eigenvalue weighted by molar-refractivity contribution is 6.04. The third kappa shape index (κ3) is 6.17. The van der Waals surface area contributed by atoms with Gasteiger partial charge in [-0.05, 0) is 54.1 Å². The molecule has 0 saturated carbocycles. The lowest BCUT2D eigenvalue weighted by molar-refractivity contribution is -0.131. The van der Waals surface area contributed by atoms with Gasteiger partial charge >= 0.3 is 5.97 Å². The molecule has 0 radical (unpaired) electrons. The van der Waals surface area contributed by atoms with Crippen LogP contribution in [0.2, 0.25) is 0 Å². The predicted molar refractivity (Wildman–Crippen MR) is 116 cm³/mol. The van der Waals surface area contributed by atoms with Crippen LogP contribution in [0.5, 0.6) is 11.5 Å². The summed E-state index contributed by atoms with van der Waals surface area (Å²) in [6, 6.07) is 20.4. The van der Waals surface area contributed by atoms with E-state index in [0.717, 1.165) is 5.56 Å². The van der Waals surface area contributed by atoms with E-state index in [-0.39, 0.29) is 18.4 Å². The third-order valence-electron chi connectivity index (χ3n) is 4.33. The summed E-state index contributed by atoms with van der Waals surface area (Å²) in [4.78, 5) is 36.0. The molecule has 7 heteroatoms. The molecule has 0 bridgehead atoms. The maximum atomic E-state index is 12.5. The van der Waals surface area contributed by atoms with Gasteiger partial charge in [0.25, 0.3) is 11.8 Å². The molecular formula is C24H22N2O5. The molecule has 0 atom stereocenters. The second-order valence-electron chi connectivity index (χ2n) is 6.69. The lowest BCUT2D eigenvalue weighted by atomic mass is 10.1. The van der Waals surface area contributed by atoms with Crippen molar-refractivity contribution in [1.29, 1.82) is 0 Å². The maximum absolute atomic E-state index is 12.5. The summed E-state index contributed by atoms with van der Waals surface area (Å²) < 4.78 is 10.2. The van der Waals surface area contributed by atoms with Crippen LogP contribution in [-0.4, -0.2) is 24.9 Å². The first-order valence-corrected chi connectivity index (χ1v) is 9.55. The highest BCUT2D eigenvalue weighted by Gasteiger charge is 2.10. The molecule has 2 amide bonds. The molecule has 0 spiro atoms. The molecule has 158 valence electrons. The summed E-state index contributed by atoms with van der Waals surface area (Å²) in [5, 5.41) is 5.65. The van der Waals surface area contributed by atoms with E-state index in [0.29, 0.717) is 28.3 Å². The number of nitrogens with one attached hydrogen (secondary N) is 2. The Hall–Kier alpha value is -4.13. The lowest BCUT2D eigenvalue weighted by Gasteiger charge is -2.10. The average molecular weight is 418 g/mol. The Morgan fingerprint density at radius 2 is 1.45 bits per heavy atom. The number of hydrogen-bond acceptors (Lipinski definition) is 5. The fourth-order valence-electron chi connectivity index (χ4n) is 2.88. The highest BCUT2D eigenvalue weighted by Crippen LogP contribution is 2.17. The van der Waals surface area contributed by atoms with Crippen molar-refractivity contribution in [3.63, 3.8) is 0 Å². The summed E-state index contributed by atoms with van der Waals surface area (Å²) in [7, 11) is 1.54. The van der Waals surface area contributed by atoms with Crippen LogP contribution in [0, 0.1) is 0 Å². The Labute approximate surface area is 180 Å². The minimum atomic E-state index is -0.453. The Kier molecular flexibility index (Phi) is 7.01. The molecule has 0 aliphatic rings. The van der Waals surface area contributed by atoms with E-state index >= 15 is 0 Å². The average Bonchev–Trinajstić information content (AvgIpc) is 2.77. The van der Waals surface area contributed by atoms with Crippen LogP contribution in [-0.2, 0) is 11.3 Å². The molecule has 0 heterocycles. The Morgan fingerprint density at radius 3 is 2.16 bits per heavy atom. The normalized spacial score (nSPS) is 10.1. The lowest BCUT2D eigenvalue weighted by Crippen LogP contribution is -2.23. The largest absolute Gasteiger partial charge is 0.497 e. The Morgan fingerprint density at radius 1 is 0.806 bits per heavy atom. The van der Waals surface area contributed by atoms with Gasteiger partial charge < -0.3 is 20.1 Å². The van der Waals surface area contributed by atoms with Crippen LogP contribution in [0.25, 0.3) is 0 Å². The van der Waals surface area contributed by atoms with Gasteiger partial charge in [-0.3, -0.25) is 14.4 Å². The van der Waals surface area contributed by atoms with Gasteiger partial charge in [0.2, 0.25) is 0 Å². The predicted octanol–water partition coefficient (Wildman–Crippen LogP) is 3.80. The first-order valence-electron chi connectivity index (χ1n) is 9.55. The third-order valence-corrected chi connectivity index (χ3v) is 4.33. The maximum Gasteiger partial charge on any atom is 0.308 e. The Bertz CT molecular complexity index is 1110. The zero-order valence-electron chi connectivity index (χ0n) is 17.2. The smallest absolute Gasteiger partial charge is 0.308 e. The zero-order chi connectivity index (χ0) is 22.2. The summed E-state index contributed by atoms with van der Waals surface area (Å²) in [5.74, 6) is -0.114. The fraction of sp³-hybridized carbons (Fsp3) is 0.125. The number of esters is 1. The molecule has 3 aromatic rings. The molecule has 0 aliphatic carbocycles. The number of carbonyl (C=O) groups is 3. The second kappa shape index (κ2) is 10.1. The van der Waals surface area contributed by atoms with Crippen LogP contribution in [0.4, 0.5) is 5.69 Å². The number of rotatable bonds is 7. The van der Waals surface area contributed by atoms with Crippen molar-refractivity contribution in [1.82, 2.24) is 5.32 Å². The molecule has 3 aromatic carbocycles. The van der Waals surface area contributed by atoms with E-state index in [4.69, 9.17) is 9.47 Å². The molecule has 2 N–H and O–H groups in total. The van der Waals surface area contributed by atoms with Crippen LogP contribution in [0.1, 0.15) is 33.2 Å². The number of methoxy groups -OCH3 is 1. The fourth-order valence-corrected chi connectivity index (χ4v) is 2.88. The summed E-state index contributed by atoms with van der Waals surface area (Å²) >= 11 is 0. The van der Waals surface area contributed by atoms with E-state index in [9.17, 15) is 14.4 Å². The molecular weight excluding hydrogens is 396 g/mol. The number of benzene rings is 3. The first-order chi connectivity index (χ1) is 14.9. The number of hydrogen-bond donors (Lipinski definition) is 2. The molecule has 0 aliphatic heterocycles. The number of anilines is 1. The van der Waals surface area contributed by atoms with Gasteiger partial charge in [-0.2, -0.15) is 0 Å². The van der Waals surface area contributed by atoms with E-state index in [1.54, 1.807) is 67.8 Å². The molecule has 0 fully saturated rings. The van der Waals surface area contributed by atoms with Crippen LogP contribution in [0.3, 0.4) is 0 Å². The summed E-state index contributed by atoms with van der Waals surface area (Å²) in [6.07, 6.45) is 0.